The van der Waals surface area contributed by atoms with Gasteiger partial charge in [-0.3, -0.25) is 9.59 Å². The van der Waals surface area contributed by atoms with Gasteiger partial charge < -0.3 is 19.5 Å². The number of rotatable bonds is 6. The van der Waals surface area contributed by atoms with Crippen molar-refractivity contribution < 1.29 is 24.2 Å². The van der Waals surface area contributed by atoms with Crippen LogP contribution >= 0.6 is 0 Å². The first-order valence-electron chi connectivity index (χ1n) is 7.70. The Morgan fingerprint density at radius 2 is 2.13 bits per heavy atom. The number of carbonyl (C=O) groups excluding carboxylic acids is 2. The fourth-order valence-corrected chi connectivity index (χ4v) is 2.64. The number of methoxy groups -OCH3 is 1. The van der Waals surface area contributed by atoms with Crippen LogP contribution in [0.15, 0.2) is 18.2 Å². The molecule has 0 aliphatic carbocycles. The third kappa shape index (κ3) is 4.22. The van der Waals surface area contributed by atoms with Gasteiger partial charge in [-0.1, -0.05) is 0 Å². The molecule has 0 radical (unpaired) electrons. The Balaban J connectivity index is 1.95. The predicted octanol–water partition coefficient (Wildman–Crippen LogP) is 1.51. The number of carbonyl (C=O) groups is 2. The zero-order valence-corrected chi connectivity index (χ0v) is 13.7. The molecule has 23 heavy (non-hydrogen) atoms. The summed E-state index contributed by atoms with van der Waals surface area (Å²) < 4.78 is 10.7. The second-order valence-electron chi connectivity index (χ2n) is 5.84. The summed E-state index contributed by atoms with van der Waals surface area (Å²) in [5, 5.41) is 9.59. The van der Waals surface area contributed by atoms with Crippen molar-refractivity contribution in [3.8, 4) is 11.5 Å². The number of likely N-dealkylation sites (tertiary alicyclic amines) is 1. The van der Waals surface area contributed by atoms with Crippen LogP contribution in [0.25, 0.3) is 0 Å². The molecule has 0 bridgehead atoms. The highest BCUT2D eigenvalue weighted by atomic mass is 16.5. The van der Waals surface area contributed by atoms with Crippen molar-refractivity contribution in [1.29, 1.82) is 0 Å². The number of nitrogens with zero attached hydrogens (tertiary/aromatic N) is 1. The average molecular weight is 321 g/mol. The summed E-state index contributed by atoms with van der Waals surface area (Å²) in [5.41, 5.74) is 0.528. The van der Waals surface area contributed by atoms with Crippen LogP contribution in [0.2, 0.25) is 0 Å². The maximum absolute atomic E-state index is 12.2. The van der Waals surface area contributed by atoms with Crippen molar-refractivity contribution in [2.75, 3.05) is 26.8 Å². The quantitative estimate of drug-likeness (QED) is 0.804. The third-order valence-corrected chi connectivity index (χ3v) is 4.18. The van der Waals surface area contributed by atoms with Crippen molar-refractivity contribution in [3.63, 3.8) is 0 Å². The molecule has 0 unspecified atom stereocenters. The Morgan fingerprint density at radius 1 is 1.39 bits per heavy atom. The molecule has 1 aromatic rings. The number of aliphatic hydroxyl groups excluding tert-OH is 1. The number of hydrogen-bond donors (Lipinski definition) is 1. The Hall–Kier alpha value is -2.08. The number of amides is 1. The molecular formula is C17H23NO5. The number of benzene rings is 1. The summed E-state index contributed by atoms with van der Waals surface area (Å²) in [7, 11) is 1.49. The van der Waals surface area contributed by atoms with Crippen LogP contribution in [0.1, 0.15) is 30.6 Å². The monoisotopic (exact) mass is 321 g/mol. The van der Waals surface area contributed by atoms with Crippen LogP contribution in [0.3, 0.4) is 0 Å². The number of aliphatic hydroxyl groups is 1. The van der Waals surface area contributed by atoms with E-state index in [-0.39, 0.29) is 24.2 Å². The number of ketones is 1. The molecule has 6 nitrogen and oxygen atoms in total. The first-order valence-corrected chi connectivity index (χ1v) is 7.70. The van der Waals surface area contributed by atoms with Crippen LogP contribution < -0.4 is 9.47 Å². The van der Waals surface area contributed by atoms with E-state index in [9.17, 15) is 14.7 Å². The molecule has 1 amide bonds. The highest BCUT2D eigenvalue weighted by molar-refractivity contribution is 5.94. The van der Waals surface area contributed by atoms with Gasteiger partial charge in [0.15, 0.2) is 23.9 Å². The topological polar surface area (TPSA) is 76.1 Å². The average Bonchev–Trinajstić information content (AvgIpc) is 3.02. The largest absolute Gasteiger partial charge is 0.493 e. The van der Waals surface area contributed by atoms with E-state index in [1.54, 1.807) is 30.0 Å². The first-order chi connectivity index (χ1) is 10.9. The normalized spacial score (nSPS) is 18.6. The molecule has 1 aliphatic heterocycles. The number of hydrogen-bond acceptors (Lipinski definition) is 5. The van der Waals surface area contributed by atoms with Gasteiger partial charge in [0.25, 0.3) is 5.91 Å². The first kappa shape index (κ1) is 17.3. The highest BCUT2D eigenvalue weighted by Crippen LogP contribution is 2.28. The van der Waals surface area contributed by atoms with Crippen LogP contribution in [0, 0.1) is 5.92 Å². The Bertz CT molecular complexity index is 584. The van der Waals surface area contributed by atoms with Crippen LogP contribution in [0.4, 0.5) is 0 Å². The molecule has 1 saturated heterocycles. The lowest BCUT2D eigenvalue weighted by atomic mass is 10.0. The molecule has 0 spiro atoms. The summed E-state index contributed by atoms with van der Waals surface area (Å²) in [6.45, 7) is 4.32. The standard InChI is InChI=1S/C17H23NO5/c1-11(19)13-4-5-15(16(8-13)22-3)23-10-17(21)18-7-6-14(9-18)12(2)20/h4-5,8,12,14,20H,6-7,9-10H2,1-3H3/t12-,14-/m0/s1. The van der Waals surface area contributed by atoms with Gasteiger partial charge in [0.2, 0.25) is 0 Å². The van der Waals surface area contributed by atoms with Gasteiger partial charge in [0.05, 0.1) is 13.2 Å². The fourth-order valence-electron chi connectivity index (χ4n) is 2.64. The minimum absolute atomic E-state index is 0.0628. The Kier molecular flexibility index (Phi) is 5.60. The van der Waals surface area contributed by atoms with Gasteiger partial charge in [-0.2, -0.15) is 0 Å². The summed E-state index contributed by atoms with van der Waals surface area (Å²) in [6, 6.07) is 4.87. The van der Waals surface area contributed by atoms with Crippen LogP contribution in [-0.2, 0) is 4.79 Å². The molecule has 1 N–H and O–H groups in total. The molecular weight excluding hydrogens is 298 g/mol. The minimum atomic E-state index is -0.409. The number of ether oxygens (including phenoxy) is 2. The number of Topliss-reactive ketones (excluding diaryl/α,β-unsaturated/α-hetero) is 1. The van der Waals surface area contributed by atoms with E-state index in [0.29, 0.717) is 30.2 Å². The van der Waals surface area contributed by atoms with E-state index in [1.807, 2.05) is 0 Å². The van der Waals surface area contributed by atoms with E-state index in [1.165, 1.54) is 14.0 Å². The van der Waals surface area contributed by atoms with Gasteiger partial charge in [0.1, 0.15) is 0 Å². The third-order valence-electron chi connectivity index (χ3n) is 4.18. The SMILES string of the molecule is COc1cc(C(C)=O)ccc1OCC(=O)N1CC[C@H]([C@H](C)O)C1. The molecule has 0 aromatic heterocycles. The maximum atomic E-state index is 12.2. The second kappa shape index (κ2) is 7.46. The molecule has 0 saturated carbocycles. The lowest BCUT2D eigenvalue weighted by Crippen LogP contribution is -2.34. The van der Waals surface area contributed by atoms with E-state index in [4.69, 9.17) is 9.47 Å². The molecule has 1 aromatic carbocycles. The molecule has 1 fully saturated rings. The summed E-state index contributed by atoms with van der Waals surface area (Å²) in [6.07, 6.45) is 0.396. The molecule has 2 rings (SSSR count). The highest BCUT2D eigenvalue weighted by Gasteiger charge is 2.29. The van der Waals surface area contributed by atoms with E-state index in [2.05, 4.69) is 0 Å². The van der Waals surface area contributed by atoms with E-state index < -0.39 is 6.10 Å². The smallest absolute Gasteiger partial charge is 0.260 e. The Labute approximate surface area is 136 Å². The lowest BCUT2D eigenvalue weighted by molar-refractivity contribution is -0.132. The maximum Gasteiger partial charge on any atom is 0.260 e. The van der Waals surface area contributed by atoms with Crippen molar-refractivity contribution >= 4 is 11.7 Å². The van der Waals surface area contributed by atoms with Crippen molar-refractivity contribution in [2.45, 2.75) is 26.4 Å². The molecule has 2 atom stereocenters. The van der Waals surface area contributed by atoms with Crippen LogP contribution in [0.5, 0.6) is 11.5 Å². The van der Waals surface area contributed by atoms with Gasteiger partial charge in [-0.05, 0) is 38.5 Å². The molecule has 1 aliphatic rings. The van der Waals surface area contributed by atoms with Crippen molar-refractivity contribution in [1.82, 2.24) is 4.90 Å². The fraction of sp³-hybridized carbons (Fsp3) is 0.529. The van der Waals surface area contributed by atoms with Gasteiger partial charge in [-0.15, -0.1) is 0 Å². The summed E-state index contributed by atoms with van der Waals surface area (Å²) in [5.74, 6) is 0.798. The van der Waals surface area contributed by atoms with Gasteiger partial charge >= 0.3 is 0 Å². The summed E-state index contributed by atoms with van der Waals surface area (Å²) >= 11 is 0. The zero-order valence-electron chi connectivity index (χ0n) is 13.7. The van der Waals surface area contributed by atoms with Crippen LogP contribution in [-0.4, -0.2) is 54.6 Å². The van der Waals surface area contributed by atoms with Gasteiger partial charge in [-0.25, -0.2) is 0 Å². The zero-order chi connectivity index (χ0) is 17.0. The van der Waals surface area contributed by atoms with Crippen molar-refractivity contribution in [2.24, 2.45) is 5.92 Å². The molecule has 1 heterocycles. The lowest BCUT2D eigenvalue weighted by Gasteiger charge is -2.18. The molecule has 126 valence electrons. The second-order valence-corrected chi connectivity index (χ2v) is 5.84. The van der Waals surface area contributed by atoms with E-state index in [0.717, 1.165) is 6.42 Å². The minimum Gasteiger partial charge on any atom is -0.493 e. The summed E-state index contributed by atoms with van der Waals surface area (Å²) in [4.78, 5) is 25.3. The molecule has 6 heteroatoms. The van der Waals surface area contributed by atoms with E-state index >= 15 is 0 Å². The Morgan fingerprint density at radius 3 is 2.70 bits per heavy atom. The van der Waals surface area contributed by atoms with Gasteiger partial charge in [0, 0.05) is 24.6 Å². The van der Waals surface area contributed by atoms with Crippen molar-refractivity contribution in [3.05, 3.63) is 23.8 Å². The predicted molar refractivity (Wildman–Crippen MR) is 84.9 cm³/mol.